The Morgan fingerprint density at radius 3 is 2.45 bits per heavy atom. The molecular weight excluding hydrogens is 390 g/mol. The van der Waals surface area contributed by atoms with Crippen molar-refractivity contribution in [1.82, 2.24) is 9.88 Å². The Kier molecular flexibility index (Phi) is 4.58. The number of pyridine rings is 1. The van der Waals surface area contributed by atoms with Crippen LogP contribution >= 0.6 is 0 Å². The number of para-hydroxylation sites is 1. The van der Waals surface area contributed by atoms with Gasteiger partial charge in [-0.2, -0.15) is 0 Å². The highest BCUT2D eigenvalue weighted by molar-refractivity contribution is 7.90. The number of aryl methyl sites for hydroxylation is 1. The highest BCUT2D eigenvalue weighted by Crippen LogP contribution is 2.26. The number of carbonyl (C=O) groups excluding carboxylic acids is 2. The van der Waals surface area contributed by atoms with Crippen LogP contribution in [0.25, 0.3) is 10.9 Å². The molecule has 148 valence electrons. The maximum atomic E-state index is 12.9. The van der Waals surface area contributed by atoms with E-state index in [0.717, 1.165) is 33.2 Å². The fraction of sp³-hybridized carbons (Fsp3) is 0.190. The fourth-order valence-electron chi connectivity index (χ4n) is 3.49. The summed E-state index contributed by atoms with van der Waals surface area (Å²) in [5, 5.41) is 0.948. The van der Waals surface area contributed by atoms with Crippen LogP contribution in [0.5, 0.6) is 0 Å². The number of anilines is 1. The number of carbonyl (C=O) groups is 2. The first-order valence-electron chi connectivity index (χ1n) is 9.01. The maximum absolute atomic E-state index is 12.9. The molecule has 4 rings (SSSR count). The third-order valence-electron chi connectivity index (χ3n) is 4.98. The van der Waals surface area contributed by atoms with E-state index in [1.807, 2.05) is 31.2 Å². The van der Waals surface area contributed by atoms with Gasteiger partial charge in [0.15, 0.2) is 9.84 Å². The van der Waals surface area contributed by atoms with Gasteiger partial charge in [-0.3, -0.25) is 9.78 Å². The molecule has 8 heteroatoms. The largest absolute Gasteiger partial charge is 0.332 e. The van der Waals surface area contributed by atoms with Gasteiger partial charge in [0.05, 0.1) is 16.1 Å². The van der Waals surface area contributed by atoms with Gasteiger partial charge in [0.1, 0.15) is 6.54 Å². The minimum atomic E-state index is -3.35. The van der Waals surface area contributed by atoms with Crippen molar-refractivity contribution in [3.8, 4) is 0 Å². The zero-order valence-corrected chi connectivity index (χ0v) is 16.8. The Bertz CT molecular complexity index is 1240. The van der Waals surface area contributed by atoms with E-state index in [1.165, 1.54) is 29.2 Å². The monoisotopic (exact) mass is 409 g/mol. The van der Waals surface area contributed by atoms with E-state index in [-0.39, 0.29) is 23.9 Å². The Labute approximate surface area is 168 Å². The van der Waals surface area contributed by atoms with E-state index >= 15 is 0 Å². The lowest BCUT2D eigenvalue weighted by Crippen LogP contribution is -2.32. The van der Waals surface area contributed by atoms with Gasteiger partial charge in [0, 0.05) is 24.4 Å². The molecule has 29 heavy (non-hydrogen) atoms. The van der Waals surface area contributed by atoms with Crippen molar-refractivity contribution in [2.75, 3.05) is 17.7 Å². The molecule has 3 aromatic rings. The topological polar surface area (TPSA) is 87.7 Å². The number of imide groups is 1. The fourth-order valence-corrected chi connectivity index (χ4v) is 4.13. The van der Waals surface area contributed by atoms with Crippen LogP contribution in [0, 0.1) is 6.92 Å². The van der Waals surface area contributed by atoms with E-state index in [1.54, 1.807) is 6.20 Å². The van der Waals surface area contributed by atoms with E-state index in [9.17, 15) is 18.0 Å². The van der Waals surface area contributed by atoms with Crippen LogP contribution in [-0.2, 0) is 21.2 Å². The average molecular weight is 409 g/mol. The molecule has 0 saturated carbocycles. The number of sulfone groups is 1. The normalized spacial score (nSPS) is 14.8. The van der Waals surface area contributed by atoms with Gasteiger partial charge < -0.3 is 4.90 Å². The molecule has 2 aromatic carbocycles. The number of nitrogens with zero attached hydrogens (tertiary/aromatic N) is 3. The average Bonchev–Trinajstić information content (AvgIpc) is 2.95. The van der Waals surface area contributed by atoms with Gasteiger partial charge >= 0.3 is 6.03 Å². The molecule has 0 bridgehead atoms. The third kappa shape index (κ3) is 3.47. The molecule has 0 aliphatic carbocycles. The second-order valence-electron chi connectivity index (χ2n) is 7.08. The predicted molar refractivity (Wildman–Crippen MR) is 109 cm³/mol. The number of amides is 3. The van der Waals surface area contributed by atoms with E-state index in [4.69, 9.17) is 0 Å². The van der Waals surface area contributed by atoms with Crippen LogP contribution in [0.1, 0.15) is 11.1 Å². The van der Waals surface area contributed by atoms with Crippen LogP contribution in [0.4, 0.5) is 10.5 Å². The van der Waals surface area contributed by atoms with Crippen molar-refractivity contribution >= 4 is 38.4 Å². The molecule has 0 unspecified atom stereocenters. The van der Waals surface area contributed by atoms with E-state index in [2.05, 4.69) is 4.98 Å². The SMILES string of the molecule is Cc1cccc2c(CN3CC(=O)N(c4ccc(S(C)(=O)=O)cc4)C3=O)ccnc12. The number of aromatic nitrogens is 1. The van der Waals surface area contributed by atoms with Crippen molar-refractivity contribution < 1.29 is 18.0 Å². The van der Waals surface area contributed by atoms with Crippen molar-refractivity contribution in [3.05, 3.63) is 65.9 Å². The molecule has 1 fully saturated rings. The van der Waals surface area contributed by atoms with Gasteiger partial charge in [-0.25, -0.2) is 18.1 Å². The smallest absolute Gasteiger partial charge is 0.310 e. The Morgan fingerprint density at radius 1 is 1.03 bits per heavy atom. The highest BCUT2D eigenvalue weighted by Gasteiger charge is 2.37. The molecule has 0 N–H and O–H groups in total. The summed E-state index contributed by atoms with van der Waals surface area (Å²) in [6, 6.07) is 13.0. The standard InChI is InChI=1S/C21H19N3O4S/c1-14-4-3-5-18-15(10-11-22-20(14)18)12-23-13-19(25)24(21(23)26)16-6-8-17(9-7-16)29(2,27)28/h3-11H,12-13H2,1-2H3. The second-order valence-corrected chi connectivity index (χ2v) is 9.09. The quantitative estimate of drug-likeness (QED) is 0.619. The predicted octanol–water partition coefficient (Wildman–Crippen LogP) is 2.92. The lowest BCUT2D eigenvalue weighted by molar-refractivity contribution is -0.116. The Balaban J connectivity index is 1.62. The molecule has 0 atom stereocenters. The molecule has 0 spiro atoms. The summed E-state index contributed by atoms with van der Waals surface area (Å²) in [6.45, 7) is 2.22. The zero-order chi connectivity index (χ0) is 20.8. The second kappa shape index (κ2) is 6.97. The number of hydrogen-bond donors (Lipinski definition) is 0. The first-order valence-corrected chi connectivity index (χ1v) is 10.9. The molecule has 1 aliphatic rings. The minimum absolute atomic E-state index is 0.0394. The van der Waals surface area contributed by atoms with Crippen molar-refractivity contribution in [1.29, 1.82) is 0 Å². The number of fused-ring (bicyclic) bond motifs is 1. The first kappa shape index (κ1) is 19.1. The summed E-state index contributed by atoms with van der Waals surface area (Å²) in [6.07, 6.45) is 2.81. The van der Waals surface area contributed by atoms with E-state index < -0.39 is 15.9 Å². The summed E-state index contributed by atoms with van der Waals surface area (Å²) in [4.78, 5) is 32.5. The number of rotatable bonds is 4. The van der Waals surface area contributed by atoms with E-state index in [0.29, 0.717) is 5.69 Å². The van der Waals surface area contributed by atoms with Crippen LogP contribution in [0.2, 0.25) is 0 Å². The maximum Gasteiger partial charge on any atom is 0.332 e. The zero-order valence-electron chi connectivity index (χ0n) is 16.0. The summed E-state index contributed by atoms with van der Waals surface area (Å²) < 4.78 is 23.2. The van der Waals surface area contributed by atoms with Crippen LogP contribution in [0.3, 0.4) is 0 Å². The van der Waals surface area contributed by atoms with Gasteiger partial charge in [-0.1, -0.05) is 18.2 Å². The van der Waals surface area contributed by atoms with Crippen molar-refractivity contribution in [2.45, 2.75) is 18.4 Å². The number of urea groups is 1. The van der Waals surface area contributed by atoms with Crippen LogP contribution in [0.15, 0.2) is 59.6 Å². The molecular formula is C21H19N3O4S. The minimum Gasteiger partial charge on any atom is -0.310 e. The summed E-state index contributed by atoms with van der Waals surface area (Å²) in [7, 11) is -3.35. The molecule has 0 radical (unpaired) electrons. The summed E-state index contributed by atoms with van der Waals surface area (Å²) in [5.41, 5.74) is 3.18. The van der Waals surface area contributed by atoms with Gasteiger partial charge in [-0.15, -0.1) is 0 Å². The number of benzene rings is 2. The molecule has 2 heterocycles. The molecule has 1 saturated heterocycles. The molecule has 3 amide bonds. The first-order chi connectivity index (χ1) is 13.8. The van der Waals surface area contributed by atoms with Crippen LogP contribution in [-0.4, -0.2) is 43.0 Å². The number of hydrogen-bond acceptors (Lipinski definition) is 5. The van der Waals surface area contributed by atoms with Crippen molar-refractivity contribution in [3.63, 3.8) is 0 Å². The van der Waals surface area contributed by atoms with Crippen molar-refractivity contribution in [2.24, 2.45) is 0 Å². The molecule has 1 aromatic heterocycles. The van der Waals surface area contributed by atoms with Gasteiger partial charge in [0.2, 0.25) is 0 Å². The Morgan fingerprint density at radius 2 is 1.76 bits per heavy atom. The highest BCUT2D eigenvalue weighted by atomic mass is 32.2. The van der Waals surface area contributed by atoms with Gasteiger partial charge in [0.25, 0.3) is 5.91 Å². The molecule has 1 aliphatic heterocycles. The summed E-state index contributed by atoms with van der Waals surface area (Å²) >= 11 is 0. The molecule has 7 nitrogen and oxygen atoms in total. The lowest BCUT2D eigenvalue weighted by atomic mass is 10.1. The Hall–Kier alpha value is -3.26. The van der Waals surface area contributed by atoms with Gasteiger partial charge in [-0.05, 0) is 48.4 Å². The third-order valence-corrected chi connectivity index (χ3v) is 6.11. The lowest BCUT2D eigenvalue weighted by Gasteiger charge is -2.18. The summed E-state index contributed by atoms with van der Waals surface area (Å²) in [5.74, 6) is -0.350. The van der Waals surface area contributed by atoms with Crippen LogP contribution < -0.4 is 4.90 Å².